The predicted octanol–water partition coefficient (Wildman–Crippen LogP) is 2.83. The Kier molecular flexibility index (Phi) is 5.18. The lowest BCUT2D eigenvalue weighted by atomic mass is 10.1. The molecule has 2 aromatic rings. The van der Waals surface area contributed by atoms with Gasteiger partial charge in [0.05, 0.1) is 13.7 Å². The molecule has 0 radical (unpaired) electrons. The zero-order chi connectivity index (χ0) is 15.9. The van der Waals surface area contributed by atoms with Gasteiger partial charge in [0.15, 0.2) is 0 Å². The van der Waals surface area contributed by atoms with E-state index in [2.05, 4.69) is 11.8 Å². The molecule has 0 aliphatic rings. The van der Waals surface area contributed by atoms with Crippen LogP contribution in [-0.4, -0.2) is 23.3 Å². The van der Waals surface area contributed by atoms with Gasteiger partial charge >= 0.3 is 0 Å². The highest BCUT2D eigenvalue weighted by atomic mass is 16.5. The average molecular weight is 295 g/mol. The number of methoxy groups -OCH3 is 1. The number of benzene rings is 2. The highest BCUT2D eigenvalue weighted by molar-refractivity contribution is 5.71. The van der Waals surface area contributed by atoms with E-state index in [1.807, 2.05) is 48.5 Å². The molecular formula is C18H17NO3. The molecule has 0 aromatic heterocycles. The molecule has 22 heavy (non-hydrogen) atoms. The van der Waals surface area contributed by atoms with Crippen molar-refractivity contribution in [1.82, 2.24) is 5.06 Å². The van der Waals surface area contributed by atoms with Crippen molar-refractivity contribution in [1.29, 1.82) is 0 Å². The number of amides is 1. The van der Waals surface area contributed by atoms with Gasteiger partial charge in [-0.1, -0.05) is 24.0 Å². The second-order valence-corrected chi connectivity index (χ2v) is 4.76. The van der Waals surface area contributed by atoms with E-state index in [1.165, 1.54) is 6.92 Å². The third-order valence-corrected chi connectivity index (χ3v) is 3.06. The maximum Gasteiger partial charge on any atom is 0.243 e. The third-order valence-electron chi connectivity index (χ3n) is 3.06. The first-order valence-corrected chi connectivity index (χ1v) is 6.80. The Hall–Kier alpha value is -2.77. The van der Waals surface area contributed by atoms with Gasteiger partial charge in [0, 0.05) is 18.1 Å². The summed E-state index contributed by atoms with van der Waals surface area (Å²) in [5, 5.41) is 10.1. The molecular weight excluding hydrogens is 278 g/mol. The van der Waals surface area contributed by atoms with Crippen molar-refractivity contribution in [3.05, 3.63) is 65.2 Å². The van der Waals surface area contributed by atoms with Gasteiger partial charge in [-0.3, -0.25) is 10.0 Å². The number of hydrogen-bond acceptors (Lipinski definition) is 3. The predicted molar refractivity (Wildman–Crippen MR) is 83.4 cm³/mol. The Labute approximate surface area is 129 Å². The minimum absolute atomic E-state index is 0.146. The van der Waals surface area contributed by atoms with Crippen LogP contribution < -0.4 is 4.74 Å². The first kappa shape index (κ1) is 15.6. The van der Waals surface area contributed by atoms with Crippen LogP contribution in [0, 0.1) is 11.8 Å². The van der Waals surface area contributed by atoms with Gasteiger partial charge in [-0.2, -0.15) is 0 Å². The summed E-state index contributed by atoms with van der Waals surface area (Å²) >= 11 is 0. The number of carbonyl (C=O) groups excluding carboxylic acids is 1. The largest absolute Gasteiger partial charge is 0.497 e. The number of nitrogens with zero attached hydrogens (tertiary/aromatic N) is 1. The SMILES string of the molecule is COc1ccc(C#Cc2cccc(CN(O)C(C)=O)c2)cc1. The fraction of sp³-hybridized carbons (Fsp3) is 0.167. The molecule has 4 heteroatoms. The van der Waals surface area contributed by atoms with Crippen LogP contribution in [0.3, 0.4) is 0 Å². The fourth-order valence-electron chi connectivity index (χ4n) is 1.85. The quantitative estimate of drug-likeness (QED) is 0.538. The Balaban J connectivity index is 2.13. The van der Waals surface area contributed by atoms with Gasteiger partial charge in [0.25, 0.3) is 0 Å². The number of ether oxygens (including phenoxy) is 1. The summed E-state index contributed by atoms with van der Waals surface area (Å²) in [5.74, 6) is 6.53. The number of rotatable bonds is 3. The van der Waals surface area contributed by atoms with Crippen molar-refractivity contribution >= 4 is 5.91 Å². The average Bonchev–Trinajstić information content (AvgIpc) is 2.53. The summed E-state index contributed by atoms with van der Waals surface area (Å²) in [6.45, 7) is 1.46. The smallest absolute Gasteiger partial charge is 0.243 e. The summed E-state index contributed by atoms with van der Waals surface area (Å²) in [5.41, 5.74) is 2.53. The molecule has 0 aliphatic carbocycles. The Morgan fingerprint density at radius 3 is 2.45 bits per heavy atom. The molecule has 0 spiro atoms. The molecule has 2 rings (SSSR count). The van der Waals surface area contributed by atoms with Crippen molar-refractivity contribution in [2.45, 2.75) is 13.5 Å². The van der Waals surface area contributed by atoms with E-state index in [0.717, 1.165) is 22.4 Å². The zero-order valence-electron chi connectivity index (χ0n) is 12.5. The van der Waals surface area contributed by atoms with Gasteiger partial charge < -0.3 is 4.74 Å². The number of hydroxylamine groups is 2. The molecule has 0 saturated carbocycles. The lowest BCUT2D eigenvalue weighted by Crippen LogP contribution is -2.23. The van der Waals surface area contributed by atoms with Crippen LogP contribution in [0.5, 0.6) is 5.75 Å². The van der Waals surface area contributed by atoms with E-state index in [9.17, 15) is 10.0 Å². The Morgan fingerprint density at radius 2 is 1.82 bits per heavy atom. The maximum absolute atomic E-state index is 11.0. The van der Waals surface area contributed by atoms with Gasteiger partial charge in [-0.25, -0.2) is 5.06 Å². The molecule has 0 bridgehead atoms. The lowest BCUT2D eigenvalue weighted by Gasteiger charge is -2.12. The summed E-state index contributed by atoms with van der Waals surface area (Å²) in [4.78, 5) is 11.0. The highest BCUT2D eigenvalue weighted by Crippen LogP contribution is 2.11. The molecule has 2 aromatic carbocycles. The van der Waals surface area contributed by atoms with E-state index in [1.54, 1.807) is 7.11 Å². The zero-order valence-corrected chi connectivity index (χ0v) is 12.5. The van der Waals surface area contributed by atoms with Crippen LogP contribution in [0.1, 0.15) is 23.6 Å². The van der Waals surface area contributed by atoms with E-state index >= 15 is 0 Å². The summed E-state index contributed by atoms with van der Waals surface area (Å²) in [6.07, 6.45) is 0. The van der Waals surface area contributed by atoms with Crippen molar-refractivity contribution < 1.29 is 14.7 Å². The molecule has 1 amide bonds. The second kappa shape index (κ2) is 7.30. The standard InChI is InChI=1S/C18H17NO3/c1-14(20)19(21)13-17-5-3-4-16(12-17)7-6-15-8-10-18(22-2)11-9-15/h3-5,8-12,21H,13H2,1-2H3. The monoisotopic (exact) mass is 295 g/mol. The van der Waals surface area contributed by atoms with E-state index in [-0.39, 0.29) is 6.54 Å². The van der Waals surface area contributed by atoms with Gasteiger partial charge in [0.2, 0.25) is 5.91 Å². The third kappa shape index (κ3) is 4.37. The van der Waals surface area contributed by atoms with E-state index in [4.69, 9.17) is 4.74 Å². The van der Waals surface area contributed by atoms with Gasteiger partial charge in [0.1, 0.15) is 5.75 Å². The molecule has 0 unspecified atom stereocenters. The molecule has 0 saturated heterocycles. The topological polar surface area (TPSA) is 49.8 Å². The van der Waals surface area contributed by atoms with Gasteiger partial charge in [-0.15, -0.1) is 0 Å². The molecule has 0 aliphatic heterocycles. The number of hydrogen-bond donors (Lipinski definition) is 1. The van der Waals surface area contributed by atoms with E-state index in [0.29, 0.717) is 5.06 Å². The van der Waals surface area contributed by atoms with Crippen molar-refractivity contribution in [2.75, 3.05) is 7.11 Å². The normalized spacial score (nSPS) is 9.59. The van der Waals surface area contributed by atoms with E-state index < -0.39 is 5.91 Å². The highest BCUT2D eigenvalue weighted by Gasteiger charge is 2.05. The summed E-state index contributed by atoms with van der Waals surface area (Å²) in [6, 6.07) is 14.9. The summed E-state index contributed by atoms with van der Waals surface area (Å²) < 4.78 is 5.10. The molecule has 0 fully saturated rings. The first-order chi connectivity index (χ1) is 10.6. The molecule has 4 nitrogen and oxygen atoms in total. The number of carbonyl (C=O) groups is 1. The lowest BCUT2D eigenvalue weighted by molar-refractivity contribution is -0.165. The second-order valence-electron chi connectivity index (χ2n) is 4.76. The Morgan fingerprint density at radius 1 is 1.14 bits per heavy atom. The van der Waals surface area contributed by atoms with Crippen LogP contribution >= 0.6 is 0 Å². The van der Waals surface area contributed by atoms with Crippen LogP contribution in [0.25, 0.3) is 0 Å². The van der Waals surface area contributed by atoms with Crippen molar-refractivity contribution in [3.8, 4) is 17.6 Å². The minimum Gasteiger partial charge on any atom is -0.497 e. The molecule has 0 atom stereocenters. The van der Waals surface area contributed by atoms with Crippen molar-refractivity contribution in [2.24, 2.45) is 0 Å². The van der Waals surface area contributed by atoms with Crippen LogP contribution in [0.4, 0.5) is 0 Å². The molecule has 1 N–H and O–H groups in total. The first-order valence-electron chi connectivity index (χ1n) is 6.80. The van der Waals surface area contributed by atoms with Gasteiger partial charge in [-0.05, 0) is 42.0 Å². The minimum atomic E-state index is -0.394. The molecule has 0 heterocycles. The summed E-state index contributed by atoms with van der Waals surface area (Å²) in [7, 11) is 1.62. The Bertz CT molecular complexity index is 711. The maximum atomic E-state index is 11.0. The fourth-order valence-corrected chi connectivity index (χ4v) is 1.85. The van der Waals surface area contributed by atoms with Crippen LogP contribution in [0.15, 0.2) is 48.5 Å². The van der Waals surface area contributed by atoms with Crippen LogP contribution in [-0.2, 0) is 11.3 Å². The molecule has 112 valence electrons. The van der Waals surface area contributed by atoms with Crippen molar-refractivity contribution in [3.63, 3.8) is 0 Å². The van der Waals surface area contributed by atoms with Crippen LogP contribution in [0.2, 0.25) is 0 Å².